The van der Waals surface area contributed by atoms with Gasteiger partial charge in [0.2, 0.25) is 11.8 Å². The van der Waals surface area contributed by atoms with Crippen LogP contribution in [0.15, 0.2) is 24.3 Å². The molecular formula is C23H34N4O3. The molecule has 4 rings (SSSR count). The van der Waals surface area contributed by atoms with Crippen molar-refractivity contribution in [2.24, 2.45) is 0 Å². The highest BCUT2D eigenvalue weighted by Gasteiger charge is 2.31. The van der Waals surface area contributed by atoms with Crippen LogP contribution in [0.3, 0.4) is 0 Å². The maximum Gasteiger partial charge on any atom is 0.242 e. The minimum Gasteiger partial charge on any atom is -0.497 e. The summed E-state index contributed by atoms with van der Waals surface area (Å²) in [5.41, 5.74) is 1.24. The molecule has 1 aromatic rings. The molecule has 3 aliphatic heterocycles. The van der Waals surface area contributed by atoms with E-state index in [4.69, 9.17) is 4.74 Å². The number of likely N-dealkylation sites (tertiary alicyclic amines) is 2. The molecule has 1 atom stereocenters. The van der Waals surface area contributed by atoms with Gasteiger partial charge in [0.15, 0.2) is 0 Å². The molecule has 3 saturated heterocycles. The Morgan fingerprint density at radius 1 is 1.00 bits per heavy atom. The maximum absolute atomic E-state index is 12.8. The van der Waals surface area contributed by atoms with E-state index in [0.29, 0.717) is 12.5 Å². The number of methoxy groups -OCH3 is 1. The third-order valence-corrected chi connectivity index (χ3v) is 6.76. The Labute approximate surface area is 179 Å². The van der Waals surface area contributed by atoms with E-state index in [2.05, 4.69) is 21.9 Å². The summed E-state index contributed by atoms with van der Waals surface area (Å²) in [7, 11) is 1.69. The summed E-state index contributed by atoms with van der Waals surface area (Å²) in [5, 5.41) is 0. The predicted octanol–water partition coefficient (Wildman–Crippen LogP) is 1.82. The molecule has 0 saturated carbocycles. The van der Waals surface area contributed by atoms with Crippen molar-refractivity contribution in [1.82, 2.24) is 14.7 Å². The molecule has 3 fully saturated rings. The van der Waals surface area contributed by atoms with Crippen LogP contribution in [0, 0.1) is 0 Å². The number of carbonyl (C=O) groups excluding carboxylic acids is 2. The van der Waals surface area contributed by atoms with Gasteiger partial charge in [-0.2, -0.15) is 0 Å². The molecule has 3 heterocycles. The quantitative estimate of drug-likeness (QED) is 0.736. The number of rotatable bonds is 5. The maximum atomic E-state index is 12.8. The highest BCUT2D eigenvalue weighted by atomic mass is 16.5. The fourth-order valence-electron chi connectivity index (χ4n) is 4.91. The molecule has 3 aliphatic rings. The van der Waals surface area contributed by atoms with E-state index in [0.717, 1.165) is 77.2 Å². The van der Waals surface area contributed by atoms with Crippen LogP contribution in [0.1, 0.15) is 32.1 Å². The summed E-state index contributed by atoms with van der Waals surface area (Å²) >= 11 is 0. The highest BCUT2D eigenvalue weighted by molar-refractivity contribution is 5.85. The number of piperazine rings is 1. The molecule has 30 heavy (non-hydrogen) atoms. The van der Waals surface area contributed by atoms with Crippen molar-refractivity contribution in [3.63, 3.8) is 0 Å². The largest absolute Gasteiger partial charge is 0.497 e. The fraction of sp³-hybridized carbons (Fsp3) is 0.652. The third-order valence-electron chi connectivity index (χ3n) is 6.76. The first-order chi connectivity index (χ1) is 14.6. The van der Waals surface area contributed by atoms with E-state index in [1.165, 1.54) is 5.69 Å². The second-order valence-corrected chi connectivity index (χ2v) is 8.63. The van der Waals surface area contributed by atoms with Gasteiger partial charge in [0, 0.05) is 64.0 Å². The van der Waals surface area contributed by atoms with Gasteiger partial charge in [-0.05, 0) is 49.9 Å². The van der Waals surface area contributed by atoms with Crippen LogP contribution in [0.4, 0.5) is 5.69 Å². The average molecular weight is 415 g/mol. The smallest absolute Gasteiger partial charge is 0.242 e. The zero-order valence-corrected chi connectivity index (χ0v) is 18.1. The second-order valence-electron chi connectivity index (χ2n) is 8.63. The third kappa shape index (κ3) is 4.89. The van der Waals surface area contributed by atoms with Crippen LogP contribution in [-0.4, -0.2) is 92.0 Å². The van der Waals surface area contributed by atoms with Crippen molar-refractivity contribution in [2.75, 3.05) is 64.4 Å². The molecule has 1 aromatic carbocycles. The molecular weight excluding hydrogens is 380 g/mol. The van der Waals surface area contributed by atoms with Gasteiger partial charge in [0.25, 0.3) is 0 Å². The first-order valence-corrected chi connectivity index (χ1v) is 11.3. The lowest BCUT2D eigenvalue weighted by molar-refractivity contribution is -0.143. The molecule has 7 heteroatoms. The van der Waals surface area contributed by atoms with Crippen molar-refractivity contribution in [2.45, 2.75) is 38.1 Å². The van der Waals surface area contributed by atoms with Crippen molar-refractivity contribution < 1.29 is 14.3 Å². The molecule has 0 unspecified atom stereocenters. The van der Waals surface area contributed by atoms with E-state index < -0.39 is 0 Å². The molecule has 0 bridgehead atoms. The number of carbonyl (C=O) groups is 2. The first-order valence-electron chi connectivity index (χ1n) is 11.3. The summed E-state index contributed by atoms with van der Waals surface area (Å²) in [6, 6.07) is 8.70. The Hall–Kier alpha value is -2.28. The van der Waals surface area contributed by atoms with E-state index in [-0.39, 0.29) is 18.4 Å². The minimum atomic E-state index is 0.117. The number of ether oxygens (including phenoxy) is 1. The van der Waals surface area contributed by atoms with Crippen molar-refractivity contribution >= 4 is 17.5 Å². The van der Waals surface area contributed by atoms with Crippen LogP contribution < -0.4 is 9.64 Å². The summed E-state index contributed by atoms with van der Waals surface area (Å²) in [6.45, 7) is 6.64. The number of benzene rings is 1. The van der Waals surface area contributed by atoms with Crippen molar-refractivity contribution in [3.8, 4) is 5.75 Å². The van der Waals surface area contributed by atoms with Crippen LogP contribution >= 0.6 is 0 Å². The van der Waals surface area contributed by atoms with E-state index >= 15 is 0 Å². The molecule has 0 N–H and O–H groups in total. The zero-order chi connectivity index (χ0) is 20.9. The summed E-state index contributed by atoms with van der Waals surface area (Å²) in [4.78, 5) is 33.6. The average Bonchev–Trinajstić information content (AvgIpc) is 2.81. The van der Waals surface area contributed by atoms with Crippen LogP contribution in [0.5, 0.6) is 5.75 Å². The highest BCUT2D eigenvalue weighted by Crippen LogP contribution is 2.23. The number of hydrogen-bond donors (Lipinski definition) is 0. The monoisotopic (exact) mass is 414 g/mol. The lowest BCUT2D eigenvalue weighted by Gasteiger charge is -2.44. The van der Waals surface area contributed by atoms with Crippen LogP contribution in [0.2, 0.25) is 0 Å². The van der Waals surface area contributed by atoms with Gasteiger partial charge in [0.05, 0.1) is 13.7 Å². The number of piperidine rings is 2. The van der Waals surface area contributed by atoms with Gasteiger partial charge in [-0.25, -0.2) is 0 Å². The number of hydrogen-bond acceptors (Lipinski definition) is 5. The van der Waals surface area contributed by atoms with Gasteiger partial charge < -0.3 is 19.4 Å². The lowest BCUT2D eigenvalue weighted by Crippen LogP contribution is -2.57. The van der Waals surface area contributed by atoms with E-state index in [1.54, 1.807) is 12.0 Å². The number of amides is 2. The first kappa shape index (κ1) is 21.0. The Balaban J connectivity index is 1.27. The normalized spacial score (nSPS) is 23.6. The Morgan fingerprint density at radius 2 is 1.77 bits per heavy atom. The van der Waals surface area contributed by atoms with Gasteiger partial charge >= 0.3 is 0 Å². The summed E-state index contributed by atoms with van der Waals surface area (Å²) < 4.78 is 5.26. The SMILES string of the molecule is COc1ccc(N2CCN([C@@H]3CCCN(C(=O)CN4CCCCC4=O)C3)CC2)cc1. The van der Waals surface area contributed by atoms with Gasteiger partial charge in [-0.3, -0.25) is 14.5 Å². The summed E-state index contributed by atoms with van der Waals surface area (Å²) in [5.74, 6) is 1.14. The van der Waals surface area contributed by atoms with Crippen molar-refractivity contribution in [3.05, 3.63) is 24.3 Å². The molecule has 7 nitrogen and oxygen atoms in total. The van der Waals surface area contributed by atoms with E-state index in [1.807, 2.05) is 17.0 Å². The molecule has 0 spiro atoms. The Morgan fingerprint density at radius 3 is 2.47 bits per heavy atom. The topological polar surface area (TPSA) is 56.3 Å². The fourth-order valence-corrected chi connectivity index (χ4v) is 4.91. The molecule has 0 aromatic heterocycles. The zero-order valence-electron chi connectivity index (χ0n) is 18.1. The predicted molar refractivity (Wildman–Crippen MR) is 117 cm³/mol. The van der Waals surface area contributed by atoms with Gasteiger partial charge in [-0.1, -0.05) is 0 Å². The minimum absolute atomic E-state index is 0.117. The van der Waals surface area contributed by atoms with Crippen molar-refractivity contribution in [1.29, 1.82) is 0 Å². The second kappa shape index (κ2) is 9.69. The molecule has 0 aliphatic carbocycles. The number of anilines is 1. The lowest BCUT2D eigenvalue weighted by atomic mass is 10.0. The number of nitrogens with zero attached hydrogens (tertiary/aromatic N) is 4. The molecule has 2 amide bonds. The molecule has 164 valence electrons. The Kier molecular flexibility index (Phi) is 6.77. The van der Waals surface area contributed by atoms with Gasteiger partial charge in [0.1, 0.15) is 5.75 Å². The Bertz CT molecular complexity index is 730. The van der Waals surface area contributed by atoms with Gasteiger partial charge in [-0.15, -0.1) is 0 Å². The standard InChI is InChI=1S/C23H34N4O3/c1-30-21-9-7-19(8-10-21)24-13-15-25(16-14-24)20-5-4-12-26(17-20)23(29)18-27-11-3-2-6-22(27)28/h7-10,20H,2-6,11-18H2,1H3/t20-/m1/s1. The van der Waals surface area contributed by atoms with Crippen LogP contribution in [0.25, 0.3) is 0 Å². The van der Waals surface area contributed by atoms with Crippen LogP contribution in [-0.2, 0) is 9.59 Å². The van der Waals surface area contributed by atoms with E-state index in [9.17, 15) is 9.59 Å². The molecule has 0 radical (unpaired) electrons. The summed E-state index contributed by atoms with van der Waals surface area (Å²) in [6.07, 6.45) is 4.75.